The van der Waals surface area contributed by atoms with Gasteiger partial charge in [-0.2, -0.15) is 0 Å². The van der Waals surface area contributed by atoms with Gasteiger partial charge in [0, 0.05) is 18.9 Å². The Hall–Kier alpha value is -1.17. The highest BCUT2D eigenvalue weighted by Crippen LogP contribution is 2.03. The first-order valence-electron chi connectivity index (χ1n) is 3.92. The zero-order valence-electron chi connectivity index (χ0n) is 7.78. The van der Waals surface area contributed by atoms with Crippen LogP contribution in [0.25, 0.3) is 5.69 Å². The Morgan fingerprint density at radius 2 is 1.87 bits per heavy atom. The summed E-state index contributed by atoms with van der Waals surface area (Å²) < 4.78 is 1.67. The van der Waals surface area contributed by atoms with Gasteiger partial charge in [-0.1, -0.05) is 5.21 Å². The minimum atomic E-state index is 0. The van der Waals surface area contributed by atoms with E-state index < -0.39 is 0 Å². The average Bonchev–Trinajstić information content (AvgIpc) is 2.67. The Morgan fingerprint density at radius 3 is 2.40 bits per heavy atom. The molecule has 0 saturated heterocycles. The molecule has 0 unspecified atom stereocenters. The molecule has 0 aliphatic carbocycles. The lowest BCUT2D eigenvalue weighted by Crippen LogP contribution is -1.95. The highest BCUT2D eigenvalue weighted by molar-refractivity contribution is 5.85. The maximum Gasteiger partial charge on any atom is 0.0967 e. The summed E-state index contributed by atoms with van der Waals surface area (Å²) in [6.07, 6.45) is 5.22. The quantitative estimate of drug-likeness (QED) is 0.859. The van der Waals surface area contributed by atoms with Gasteiger partial charge in [-0.3, -0.25) is 4.98 Å². The van der Waals surface area contributed by atoms with Crippen molar-refractivity contribution in [1.29, 1.82) is 0 Å². The molecule has 2 N–H and O–H groups in total. The Kier molecular flexibility index (Phi) is 5.84. The summed E-state index contributed by atoms with van der Waals surface area (Å²) in [7, 11) is 0. The number of nitrogens with zero attached hydrogens (tertiary/aromatic N) is 4. The van der Waals surface area contributed by atoms with Crippen molar-refractivity contribution < 1.29 is 0 Å². The summed E-state index contributed by atoms with van der Waals surface area (Å²) >= 11 is 0. The first-order chi connectivity index (χ1) is 6.40. The maximum absolute atomic E-state index is 5.41. The standard InChI is InChI=1S/C8H9N5.2ClH/c9-5-7-6-13(12-11-7)8-1-3-10-4-2-8;;/h1-4,6H,5,9H2;2*1H. The molecule has 0 aromatic carbocycles. The van der Waals surface area contributed by atoms with Crippen molar-refractivity contribution in [2.24, 2.45) is 5.73 Å². The lowest BCUT2D eigenvalue weighted by atomic mass is 10.4. The SMILES string of the molecule is Cl.Cl.NCc1cn(-c2ccncc2)nn1. The minimum absolute atomic E-state index is 0. The molecule has 7 heteroatoms. The Balaban J connectivity index is 0.000000980. The highest BCUT2D eigenvalue weighted by atomic mass is 35.5. The molecule has 15 heavy (non-hydrogen) atoms. The van der Waals surface area contributed by atoms with Gasteiger partial charge in [0.05, 0.1) is 17.6 Å². The molecule has 0 fully saturated rings. The molecule has 0 radical (unpaired) electrons. The van der Waals surface area contributed by atoms with Crippen molar-refractivity contribution in [2.75, 3.05) is 0 Å². The van der Waals surface area contributed by atoms with E-state index in [1.807, 2.05) is 12.1 Å². The predicted octanol–water partition coefficient (Wildman–Crippen LogP) is 0.965. The van der Waals surface area contributed by atoms with E-state index in [2.05, 4.69) is 15.3 Å². The number of rotatable bonds is 2. The van der Waals surface area contributed by atoms with Gasteiger partial charge in [-0.15, -0.1) is 29.9 Å². The first-order valence-corrected chi connectivity index (χ1v) is 3.92. The third-order valence-corrected chi connectivity index (χ3v) is 1.68. The van der Waals surface area contributed by atoms with E-state index in [0.717, 1.165) is 11.4 Å². The molecule has 0 amide bonds. The molecule has 2 rings (SSSR count). The van der Waals surface area contributed by atoms with Gasteiger partial charge < -0.3 is 5.73 Å². The molecule has 0 saturated carbocycles. The topological polar surface area (TPSA) is 69.6 Å². The third kappa shape index (κ3) is 3.16. The second kappa shape index (κ2) is 6.34. The van der Waals surface area contributed by atoms with E-state index in [1.54, 1.807) is 23.3 Å². The van der Waals surface area contributed by atoms with Crippen LogP contribution in [0.15, 0.2) is 30.7 Å². The van der Waals surface area contributed by atoms with E-state index >= 15 is 0 Å². The third-order valence-electron chi connectivity index (χ3n) is 1.68. The molecule has 0 spiro atoms. The van der Waals surface area contributed by atoms with Crippen molar-refractivity contribution in [2.45, 2.75) is 6.54 Å². The van der Waals surface area contributed by atoms with Gasteiger partial charge in [-0.05, 0) is 12.1 Å². The molecule has 0 bridgehead atoms. The number of halogens is 2. The van der Waals surface area contributed by atoms with Crippen LogP contribution in [0.4, 0.5) is 0 Å². The normalized spacial score (nSPS) is 8.87. The fourth-order valence-electron chi connectivity index (χ4n) is 1.01. The fraction of sp³-hybridized carbons (Fsp3) is 0.125. The summed E-state index contributed by atoms with van der Waals surface area (Å²) in [6.45, 7) is 0.408. The highest BCUT2D eigenvalue weighted by Gasteiger charge is 1.99. The number of pyridine rings is 1. The Morgan fingerprint density at radius 1 is 1.20 bits per heavy atom. The number of nitrogens with two attached hydrogens (primary N) is 1. The smallest absolute Gasteiger partial charge is 0.0967 e. The molecule has 82 valence electrons. The zero-order valence-corrected chi connectivity index (χ0v) is 9.41. The summed E-state index contributed by atoms with van der Waals surface area (Å²) in [5, 5.41) is 7.79. The van der Waals surface area contributed by atoms with Gasteiger partial charge >= 0.3 is 0 Å². The number of aromatic nitrogens is 4. The fourth-order valence-corrected chi connectivity index (χ4v) is 1.01. The van der Waals surface area contributed by atoms with Crippen LogP contribution >= 0.6 is 24.8 Å². The summed E-state index contributed by atoms with van der Waals surface area (Å²) in [6, 6.07) is 3.71. The molecule has 0 aliphatic heterocycles. The number of hydrogen-bond donors (Lipinski definition) is 1. The lowest BCUT2D eigenvalue weighted by molar-refractivity contribution is 0.795. The van der Waals surface area contributed by atoms with Gasteiger partial charge in [0.25, 0.3) is 0 Å². The maximum atomic E-state index is 5.41. The number of hydrogen-bond acceptors (Lipinski definition) is 4. The van der Waals surface area contributed by atoms with E-state index in [9.17, 15) is 0 Å². The largest absolute Gasteiger partial charge is 0.325 e. The summed E-state index contributed by atoms with van der Waals surface area (Å²) in [5.41, 5.74) is 7.12. The van der Waals surface area contributed by atoms with Gasteiger partial charge in [0.15, 0.2) is 0 Å². The molecule has 2 heterocycles. The summed E-state index contributed by atoms with van der Waals surface area (Å²) in [4.78, 5) is 3.91. The van der Waals surface area contributed by atoms with E-state index in [0.29, 0.717) is 6.54 Å². The monoisotopic (exact) mass is 247 g/mol. The molecule has 0 atom stereocenters. The van der Waals surface area contributed by atoms with E-state index in [-0.39, 0.29) is 24.8 Å². The predicted molar refractivity (Wildman–Crippen MR) is 61.5 cm³/mol. The van der Waals surface area contributed by atoms with Crippen LogP contribution in [-0.4, -0.2) is 20.0 Å². The van der Waals surface area contributed by atoms with Gasteiger partial charge in [-0.25, -0.2) is 4.68 Å². The lowest BCUT2D eigenvalue weighted by Gasteiger charge is -1.96. The zero-order chi connectivity index (χ0) is 9.10. The van der Waals surface area contributed by atoms with Crippen LogP contribution < -0.4 is 5.73 Å². The van der Waals surface area contributed by atoms with Crippen LogP contribution in [0.5, 0.6) is 0 Å². The second-order valence-electron chi connectivity index (χ2n) is 2.56. The Labute approximate surface area is 99.5 Å². The van der Waals surface area contributed by atoms with E-state index in [1.165, 1.54) is 0 Å². The second-order valence-corrected chi connectivity index (χ2v) is 2.56. The van der Waals surface area contributed by atoms with Crippen LogP contribution in [0.3, 0.4) is 0 Å². The molecule has 0 aliphatic rings. The van der Waals surface area contributed by atoms with Gasteiger partial charge in [0.1, 0.15) is 0 Å². The summed E-state index contributed by atoms with van der Waals surface area (Å²) in [5.74, 6) is 0. The average molecular weight is 248 g/mol. The van der Waals surface area contributed by atoms with E-state index in [4.69, 9.17) is 5.73 Å². The van der Waals surface area contributed by atoms with Crippen LogP contribution in [0, 0.1) is 0 Å². The Bertz CT molecular complexity index is 389. The molecular weight excluding hydrogens is 237 g/mol. The molecule has 2 aromatic rings. The van der Waals surface area contributed by atoms with Crippen molar-refractivity contribution in [1.82, 2.24) is 20.0 Å². The van der Waals surface area contributed by atoms with Crippen molar-refractivity contribution in [3.8, 4) is 5.69 Å². The molecule has 2 aromatic heterocycles. The minimum Gasteiger partial charge on any atom is -0.325 e. The molecular formula is C8H11Cl2N5. The van der Waals surface area contributed by atoms with Crippen molar-refractivity contribution in [3.63, 3.8) is 0 Å². The van der Waals surface area contributed by atoms with Crippen molar-refractivity contribution >= 4 is 24.8 Å². The van der Waals surface area contributed by atoms with Crippen LogP contribution in [-0.2, 0) is 6.54 Å². The first kappa shape index (κ1) is 13.8. The molecule has 5 nitrogen and oxygen atoms in total. The van der Waals surface area contributed by atoms with Gasteiger partial charge in [0.2, 0.25) is 0 Å². The van der Waals surface area contributed by atoms with Crippen LogP contribution in [0.2, 0.25) is 0 Å². The van der Waals surface area contributed by atoms with Crippen LogP contribution in [0.1, 0.15) is 5.69 Å². The van der Waals surface area contributed by atoms with Crippen molar-refractivity contribution in [3.05, 3.63) is 36.4 Å².